The Hall–Kier alpha value is -1.63. The van der Waals surface area contributed by atoms with Crippen LogP contribution in [-0.2, 0) is 9.59 Å². The number of hydrogen-bond acceptors (Lipinski definition) is 4. The number of rotatable bonds is 8. The van der Waals surface area contributed by atoms with Crippen molar-refractivity contribution in [1.82, 2.24) is 5.32 Å². The number of carbonyl (C=O) groups excluding carboxylic acids is 2. The summed E-state index contributed by atoms with van der Waals surface area (Å²) in [6.07, 6.45) is -0.674. The van der Waals surface area contributed by atoms with Crippen LogP contribution in [0.1, 0.15) is 20.8 Å². The van der Waals surface area contributed by atoms with Gasteiger partial charge in [0.2, 0.25) is 12.3 Å². The molecule has 0 unspecified atom stereocenters. The lowest BCUT2D eigenvalue weighted by atomic mass is 9.87. The SMILES string of the molecule is C[C@@H](CNC(=O)[C@H](O)C(C)(C)CO)N(C=O)c1cccc(Cl)c1. The van der Waals surface area contributed by atoms with E-state index in [9.17, 15) is 19.8 Å². The highest BCUT2D eigenvalue weighted by Gasteiger charge is 2.33. The Morgan fingerprint density at radius 2 is 2.13 bits per heavy atom. The van der Waals surface area contributed by atoms with E-state index in [4.69, 9.17) is 11.6 Å². The van der Waals surface area contributed by atoms with Crippen LogP contribution < -0.4 is 10.2 Å². The number of anilines is 1. The Morgan fingerprint density at radius 3 is 2.65 bits per heavy atom. The molecule has 6 nitrogen and oxygen atoms in total. The standard InChI is InChI=1S/C16H23ClN2O4/c1-11(8-18-15(23)14(22)16(2,3)9-20)19(10-21)13-6-4-5-12(17)7-13/h4-7,10-11,14,20,22H,8-9H2,1-3H3,(H,18,23)/t11-,14-/m0/s1. The molecule has 0 saturated carbocycles. The van der Waals surface area contributed by atoms with Gasteiger partial charge in [-0.25, -0.2) is 0 Å². The van der Waals surface area contributed by atoms with E-state index in [0.29, 0.717) is 17.1 Å². The predicted octanol–water partition coefficient (Wildman–Crippen LogP) is 1.19. The van der Waals surface area contributed by atoms with Crippen LogP contribution in [-0.4, -0.2) is 47.8 Å². The third-order valence-corrected chi connectivity index (χ3v) is 3.90. The molecule has 0 aliphatic rings. The third-order valence-electron chi connectivity index (χ3n) is 3.66. The summed E-state index contributed by atoms with van der Waals surface area (Å²) in [6.45, 7) is 4.77. The summed E-state index contributed by atoms with van der Waals surface area (Å²) in [5.74, 6) is -0.590. The van der Waals surface area contributed by atoms with Crippen molar-refractivity contribution in [2.45, 2.75) is 32.9 Å². The van der Waals surface area contributed by atoms with Crippen LogP contribution in [0.25, 0.3) is 0 Å². The number of nitrogens with one attached hydrogen (secondary N) is 1. The molecule has 0 aromatic heterocycles. The van der Waals surface area contributed by atoms with E-state index in [1.165, 1.54) is 4.90 Å². The van der Waals surface area contributed by atoms with Gasteiger partial charge in [0.15, 0.2) is 0 Å². The maximum Gasteiger partial charge on any atom is 0.249 e. The number of hydrogen-bond donors (Lipinski definition) is 3. The molecule has 1 rings (SSSR count). The van der Waals surface area contributed by atoms with Gasteiger partial charge in [0.1, 0.15) is 6.10 Å². The molecule has 0 aliphatic heterocycles. The summed E-state index contributed by atoms with van der Waals surface area (Å²) in [7, 11) is 0. The van der Waals surface area contributed by atoms with E-state index in [1.54, 1.807) is 45.0 Å². The van der Waals surface area contributed by atoms with E-state index in [1.807, 2.05) is 0 Å². The van der Waals surface area contributed by atoms with Gasteiger partial charge in [0.05, 0.1) is 12.6 Å². The molecule has 0 spiro atoms. The van der Waals surface area contributed by atoms with Gasteiger partial charge in [-0.2, -0.15) is 0 Å². The topological polar surface area (TPSA) is 89.9 Å². The lowest BCUT2D eigenvalue weighted by molar-refractivity contribution is -0.137. The predicted molar refractivity (Wildman–Crippen MR) is 89.3 cm³/mol. The average Bonchev–Trinajstić information content (AvgIpc) is 2.52. The normalized spacial score (nSPS) is 14.0. The molecule has 2 amide bonds. The maximum absolute atomic E-state index is 12.0. The first-order valence-electron chi connectivity index (χ1n) is 7.28. The largest absolute Gasteiger partial charge is 0.396 e. The van der Waals surface area contributed by atoms with Crippen LogP contribution in [0.4, 0.5) is 5.69 Å². The highest BCUT2D eigenvalue weighted by molar-refractivity contribution is 6.30. The van der Waals surface area contributed by atoms with E-state index in [-0.39, 0.29) is 19.2 Å². The molecule has 0 heterocycles. The highest BCUT2D eigenvalue weighted by atomic mass is 35.5. The Balaban J connectivity index is 2.69. The van der Waals surface area contributed by atoms with Crippen molar-refractivity contribution in [3.05, 3.63) is 29.3 Å². The van der Waals surface area contributed by atoms with Crippen molar-refractivity contribution in [2.75, 3.05) is 18.1 Å². The number of aliphatic hydroxyl groups excluding tert-OH is 2. The van der Waals surface area contributed by atoms with Crippen LogP contribution in [0, 0.1) is 5.41 Å². The highest BCUT2D eigenvalue weighted by Crippen LogP contribution is 2.21. The van der Waals surface area contributed by atoms with Crippen LogP contribution in [0.2, 0.25) is 5.02 Å². The lowest BCUT2D eigenvalue weighted by Gasteiger charge is -2.29. The van der Waals surface area contributed by atoms with Gasteiger partial charge in [0.25, 0.3) is 0 Å². The van der Waals surface area contributed by atoms with Gasteiger partial charge < -0.3 is 20.4 Å². The molecule has 0 aliphatic carbocycles. The van der Waals surface area contributed by atoms with E-state index in [0.717, 1.165) is 0 Å². The van der Waals surface area contributed by atoms with Gasteiger partial charge in [-0.05, 0) is 25.1 Å². The number of benzene rings is 1. The fourth-order valence-electron chi connectivity index (χ4n) is 1.94. The quantitative estimate of drug-likeness (QED) is 0.619. The van der Waals surface area contributed by atoms with Crippen molar-refractivity contribution < 1.29 is 19.8 Å². The fraction of sp³-hybridized carbons (Fsp3) is 0.500. The van der Waals surface area contributed by atoms with Crippen molar-refractivity contribution in [3.8, 4) is 0 Å². The van der Waals surface area contributed by atoms with Crippen molar-refractivity contribution in [3.63, 3.8) is 0 Å². The minimum atomic E-state index is -1.34. The summed E-state index contributed by atoms with van der Waals surface area (Å²) < 4.78 is 0. The second-order valence-electron chi connectivity index (χ2n) is 6.14. The Kier molecular flexibility index (Phi) is 7.00. The number of aliphatic hydroxyl groups is 2. The molecule has 0 fully saturated rings. The second-order valence-corrected chi connectivity index (χ2v) is 6.57. The zero-order chi connectivity index (χ0) is 17.6. The number of halogens is 1. The van der Waals surface area contributed by atoms with Crippen molar-refractivity contribution in [2.24, 2.45) is 5.41 Å². The minimum absolute atomic E-state index is 0.155. The molecule has 1 aromatic carbocycles. The molecule has 7 heteroatoms. The van der Waals surface area contributed by atoms with Gasteiger partial charge in [-0.15, -0.1) is 0 Å². The third kappa shape index (κ3) is 5.20. The smallest absolute Gasteiger partial charge is 0.249 e. The summed E-state index contributed by atoms with van der Waals surface area (Å²) in [6, 6.07) is 6.49. The molecule has 0 radical (unpaired) electrons. The second kappa shape index (κ2) is 8.29. The monoisotopic (exact) mass is 342 g/mol. The van der Waals surface area contributed by atoms with Gasteiger partial charge in [0, 0.05) is 22.7 Å². The zero-order valence-electron chi connectivity index (χ0n) is 13.5. The van der Waals surface area contributed by atoms with Crippen molar-refractivity contribution >= 4 is 29.6 Å². The molecule has 2 atom stereocenters. The first kappa shape index (κ1) is 19.4. The fourth-order valence-corrected chi connectivity index (χ4v) is 2.13. The minimum Gasteiger partial charge on any atom is -0.396 e. The number of nitrogens with zero attached hydrogens (tertiary/aromatic N) is 1. The Morgan fingerprint density at radius 1 is 1.48 bits per heavy atom. The molecule has 3 N–H and O–H groups in total. The maximum atomic E-state index is 12.0. The summed E-state index contributed by atoms with van der Waals surface area (Å²) in [5.41, 5.74) is -0.324. The first-order valence-corrected chi connectivity index (χ1v) is 7.66. The molecule has 1 aromatic rings. The first-order chi connectivity index (χ1) is 10.7. The number of carbonyl (C=O) groups is 2. The zero-order valence-corrected chi connectivity index (χ0v) is 14.2. The van der Waals surface area contributed by atoms with Crippen LogP contribution >= 0.6 is 11.6 Å². The average molecular weight is 343 g/mol. The van der Waals surface area contributed by atoms with Gasteiger partial charge in [-0.1, -0.05) is 31.5 Å². The molecule has 0 saturated heterocycles. The van der Waals surface area contributed by atoms with Crippen molar-refractivity contribution in [1.29, 1.82) is 0 Å². The molecule has 128 valence electrons. The van der Waals surface area contributed by atoms with E-state index >= 15 is 0 Å². The van der Waals surface area contributed by atoms with E-state index < -0.39 is 17.4 Å². The van der Waals surface area contributed by atoms with Gasteiger partial charge >= 0.3 is 0 Å². The van der Waals surface area contributed by atoms with Gasteiger partial charge in [-0.3, -0.25) is 9.59 Å². The van der Waals surface area contributed by atoms with E-state index in [2.05, 4.69) is 5.32 Å². The lowest BCUT2D eigenvalue weighted by Crippen LogP contribution is -2.49. The van der Waals surface area contributed by atoms with Crippen LogP contribution in [0.3, 0.4) is 0 Å². The number of amides is 2. The summed E-state index contributed by atoms with van der Waals surface area (Å²) in [4.78, 5) is 24.7. The Bertz CT molecular complexity index is 551. The van der Waals surface area contributed by atoms with Crippen LogP contribution in [0.15, 0.2) is 24.3 Å². The molecular weight excluding hydrogens is 320 g/mol. The summed E-state index contributed by atoms with van der Waals surface area (Å²) in [5, 5.41) is 22.2. The Labute approximate surface area is 141 Å². The molecule has 0 bridgehead atoms. The molecule has 23 heavy (non-hydrogen) atoms. The molecular formula is C16H23ClN2O4. The summed E-state index contributed by atoms with van der Waals surface area (Å²) >= 11 is 5.92. The van der Waals surface area contributed by atoms with Crippen LogP contribution in [0.5, 0.6) is 0 Å².